The Hall–Kier alpha value is -2.70. The number of nitrogens with zero attached hydrogens (tertiary/aromatic N) is 1. The van der Waals surface area contributed by atoms with E-state index < -0.39 is 29.5 Å². The zero-order valence-electron chi connectivity index (χ0n) is 15.0. The Balaban J connectivity index is 1.75. The minimum Gasteiger partial charge on any atom is -0.485 e. The van der Waals surface area contributed by atoms with Crippen molar-refractivity contribution >= 4 is 5.97 Å². The number of carboxylic acid groups (broad SMARTS) is 1. The predicted molar refractivity (Wildman–Crippen MR) is 94.8 cm³/mol. The standard InChI is InChI=1S/C20H21F2NO4/c1-12(8-9-19(24)25)26-20-15(21)10-13(11-16(20)22)17-6-3-7-18(23-17)27-14-4-2-5-14/h3,6-7,10-12,14H,2,4-5,8-9H2,1H3,(H,24,25). The molecular formula is C20H21F2NO4. The van der Waals surface area contributed by atoms with Gasteiger partial charge in [-0.2, -0.15) is 0 Å². The maximum atomic E-state index is 14.4. The molecule has 3 rings (SSSR count). The SMILES string of the molecule is CC(CCC(=O)O)Oc1c(F)cc(-c2cccc(OC3CCC3)n2)cc1F. The summed E-state index contributed by atoms with van der Waals surface area (Å²) in [6.45, 7) is 1.57. The minimum atomic E-state index is -0.989. The number of rotatable bonds is 8. The summed E-state index contributed by atoms with van der Waals surface area (Å²) in [5.41, 5.74) is 0.671. The first-order valence-corrected chi connectivity index (χ1v) is 8.94. The molecule has 0 bridgehead atoms. The van der Waals surface area contributed by atoms with E-state index in [2.05, 4.69) is 4.98 Å². The molecule has 1 saturated carbocycles. The Morgan fingerprint density at radius 2 is 2.00 bits per heavy atom. The zero-order chi connectivity index (χ0) is 19.4. The van der Waals surface area contributed by atoms with Crippen LogP contribution < -0.4 is 9.47 Å². The molecule has 1 heterocycles. The normalized spacial score (nSPS) is 15.1. The summed E-state index contributed by atoms with van der Waals surface area (Å²) in [7, 11) is 0. The van der Waals surface area contributed by atoms with Gasteiger partial charge in [-0.3, -0.25) is 4.79 Å². The average Bonchev–Trinajstić information content (AvgIpc) is 2.59. The Bertz CT molecular complexity index is 800. The third kappa shape index (κ3) is 4.93. The van der Waals surface area contributed by atoms with Gasteiger partial charge in [0.15, 0.2) is 17.4 Å². The number of hydrogen-bond acceptors (Lipinski definition) is 4. The second kappa shape index (κ2) is 8.33. The first-order chi connectivity index (χ1) is 12.9. The fourth-order valence-electron chi connectivity index (χ4n) is 2.71. The van der Waals surface area contributed by atoms with Gasteiger partial charge < -0.3 is 14.6 Å². The average molecular weight is 377 g/mol. The van der Waals surface area contributed by atoms with Gasteiger partial charge in [0, 0.05) is 18.1 Å². The van der Waals surface area contributed by atoms with Crippen LogP contribution in [0.15, 0.2) is 30.3 Å². The van der Waals surface area contributed by atoms with E-state index in [4.69, 9.17) is 14.6 Å². The van der Waals surface area contributed by atoms with Crippen LogP contribution in [0.2, 0.25) is 0 Å². The van der Waals surface area contributed by atoms with Crippen molar-refractivity contribution in [3.05, 3.63) is 42.0 Å². The van der Waals surface area contributed by atoms with Crippen molar-refractivity contribution in [2.75, 3.05) is 0 Å². The number of aliphatic carboxylic acids is 1. The molecule has 7 heteroatoms. The largest absolute Gasteiger partial charge is 0.485 e. The lowest BCUT2D eigenvalue weighted by atomic mass is 9.96. The summed E-state index contributed by atoms with van der Waals surface area (Å²) in [6.07, 6.45) is 2.64. The first kappa shape index (κ1) is 19.1. The van der Waals surface area contributed by atoms with Crippen LogP contribution in [-0.4, -0.2) is 28.3 Å². The molecule has 0 saturated heterocycles. The Morgan fingerprint density at radius 3 is 2.59 bits per heavy atom. The highest BCUT2D eigenvalue weighted by Gasteiger charge is 2.20. The van der Waals surface area contributed by atoms with Crippen LogP contribution in [0, 0.1) is 11.6 Å². The number of ether oxygens (including phenoxy) is 2. The lowest BCUT2D eigenvalue weighted by Crippen LogP contribution is -2.24. The molecule has 2 aromatic rings. The lowest BCUT2D eigenvalue weighted by Gasteiger charge is -2.25. The molecule has 1 aliphatic carbocycles. The van der Waals surface area contributed by atoms with Crippen LogP contribution >= 0.6 is 0 Å². The number of benzene rings is 1. The fraction of sp³-hybridized carbons (Fsp3) is 0.400. The van der Waals surface area contributed by atoms with Crippen molar-refractivity contribution in [3.63, 3.8) is 0 Å². The van der Waals surface area contributed by atoms with E-state index >= 15 is 0 Å². The van der Waals surface area contributed by atoms with E-state index in [0.717, 1.165) is 31.4 Å². The maximum Gasteiger partial charge on any atom is 0.303 e. The molecule has 1 aromatic heterocycles. The van der Waals surface area contributed by atoms with Gasteiger partial charge in [-0.05, 0) is 50.8 Å². The predicted octanol–water partition coefficient (Wildman–Crippen LogP) is 4.59. The molecule has 144 valence electrons. The van der Waals surface area contributed by atoms with Gasteiger partial charge in [-0.1, -0.05) is 6.07 Å². The quantitative estimate of drug-likeness (QED) is 0.729. The monoisotopic (exact) mass is 377 g/mol. The highest BCUT2D eigenvalue weighted by atomic mass is 19.1. The van der Waals surface area contributed by atoms with Gasteiger partial charge in [-0.25, -0.2) is 13.8 Å². The number of hydrogen-bond donors (Lipinski definition) is 1. The second-order valence-corrected chi connectivity index (χ2v) is 6.66. The molecule has 1 atom stereocenters. The van der Waals surface area contributed by atoms with Crippen LogP contribution in [-0.2, 0) is 4.79 Å². The summed E-state index contributed by atoms with van der Waals surface area (Å²) < 4.78 is 39.8. The molecule has 1 aromatic carbocycles. The van der Waals surface area contributed by atoms with Crippen molar-refractivity contribution < 1.29 is 28.2 Å². The van der Waals surface area contributed by atoms with E-state index in [1.165, 1.54) is 0 Å². The van der Waals surface area contributed by atoms with Gasteiger partial charge in [0.1, 0.15) is 6.10 Å². The molecule has 1 aliphatic rings. The number of halogens is 2. The van der Waals surface area contributed by atoms with Crippen LogP contribution in [0.25, 0.3) is 11.3 Å². The van der Waals surface area contributed by atoms with E-state index in [1.54, 1.807) is 25.1 Å². The van der Waals surface area contributed by atoms with Crippen molar-refractivity contribution in [1.82, 2.24) is 4.98 Å². The molecule has 1 fully saturated rings. The van der Waals surface area contributed by atoms with Crippen molar-refractivity contribution in [2.24, 2.45) is 0 Å². The molecule has 1 unspecified atom stereocenters. The fourth-order valence-corrected chi connectivity index (χ4v) is 2.71. The van der Waals surface area contributed by atoms with Crippen LogP contribution in [0.3, 0.4) is 0 Å². The van der Waals surface area contributed by atoms with Crippen LogP contribution in [0.1, 0.15) is 39.0 Å². The zero-order valence-corrected chi connectivity index (χ0v) is 15.0. The molecule has 1 N–H and O–H groups in total. The van der Waals surface area contributed by atoms with Crippen molar-refractivity contribution in [2.45, 2.75) is 51.2 Å². The van der Waals surface area contributed by atoms with Gasteiger partial charge >= 0.3 is 5.97 Å². The summed E-state index contributed by atoms with van der Waals surface area (Å²) in [4.78, 5) is 14.9. The van der Waals surface area contributed by atoms with E-state index in [0.29, 0.717) is 11.6 Å². The first-order valence-electron chi connectivity index (χ1n) is 8.94. The number of aromatic nitrogens is 1. The molecule has 0 amide bonds. The van der Waals surface area contributed by atoms with Crippen molar-refractivity contribution in [1.29, 1.82) is 0 Å². The topological polar surface area (TPSA) is 68.7 Å². The van der Waals surface area contributed by atoms with Gasteiger partial charge in [-0.15, -0.1) is 0 Å². The third-order valence-corrected chi connectivity index (χ3v) is 4.44. The highest BCUT2D eigenvalue weighted by Crippen LogP contribution is 2.31. The molecule has 0 radical (unpaired) electrons. The molecule has 5 nitrogen and oxygen atoms in total. The molecule has 0 spiro atoms. The highest BCUT2D eigenvalue weighted by molar-refractivity contribution is 5.66. The Morgan fingerprint density at radius 1 is 1.30 bits per heavy atom. The Kier molecular flexibility index (Phi) is 5.88. The summed E-state index contributed by atoms with van der Waals surface area (Å²) in [5.74, 6) is -2.80. The van der Waals surface area contributed by atoms with Gasteiger partial charge in [0.2, 0.25) is 5.88 Å². The second-order valence-electron chi connectivity index (χ2n) is 6.66. The number of carboxylic acids is 1. The Labute approximate surface area is 156 Å². The molecule has 27 heavy (non-hydrogen) atoms. The lowest BCUT2D eigenvalue weighted by molar-refractivity contribution is -0.137. The van der Waals surface area contributed by atoms with Crippen molar-refractivity contribution in [3.8, 4) is 22.9 Å². The molecule has 0 aliphatic heterocycles. The van der Waals surface area contributed by atoms with E-state index in [-0.39, 0.29) is 24.5 Å². The summed E-state index contributed by atoms with van der Waals surface area (Å²) >= 11 is 0. The van der Waals surface area contributed by atoms with Crippen LogP contribution in [0.4, 0.5) is 8.78 Å². The maximum absolute atomic E-state index is 14.4. The molecular weight excluding hydrogens is 356 g/mol. The van der Waals surface area contributed by atoms with E-state index in [1.807, 2.05) is 0 Å². The van der Waals surface area contributed by atoms with Gasteiger partial charge in [0.25, 0.3) is 0 Å². The summed E-state index contributed by atoms with van der Waals surface area (Å²) in [6, 6.07) is 7.40. The van der Waals surface area contributed by atoms with E-state index in [9.17, 15) is 13.6 Å². The number of pyridine rings is 1. The van der Waals surface area contributed by atoms with Crippen LogP contribution in [0.5, 0.6) is 11.6 Å². The van der Waals surface area contributed by atoms with Gasteiger partial charge in [0.05, 0.1) is 11.8 Å². The number of carbonyl (C=O) groups is 1. The summed E-state index contributed by atoms with van der Waals surface area (Å²) in [5, 5.41) is 8.68. The minimum absolute atomic E-state index is 0.139. The smallest absolute Gasteiger partial charge is 0.303 e. The third-order valence-electron chi connectivity index (χ3n) is 4.44.